The van der Waals surface area contributed by atoms with Gasteiger partial charge in [0.25, 0.3) is 0 Å². The maximum Gasteiger partial charge on any atom is 0.243 e. The molecule has 6 N–H and O–H groups in total. The minimum absolute atomic E-state index is 0.0426. The van der Waals surface area contributed by atoms with E-state index in [1.807, 2.05) is 38.1 Å². The monoisotopic (exact) mass is 622 g/mol. The van der Waals surface area contributed by atoms with E-state index in [1.165, 1.54) is 6.33 Å². The maximum absolute atomic E-state index is 13.4. The first-order valence-corrected chi connectivity index (χ1v) is 13.6. The van der Waals surface area contributed by atoms with Crippen molar-refractivity contribution in [3.8, 4) is 0 Å². The van der Waals surface area contributed by atoms with Gasteiger partial charge in [0.05, 0.1) is 6.33 Å². The number of imidazole rings is 1. The van der Waals surface area contributed by atoms with E-state index >= 15 is 0 Å². The first-order chi connectivity index (χ1) is 17.6. The molecule has 1 aliphatic rings. The molecule has 0 bridgehead atoms. The Morgan fingerprint density at radius 3 is 2.19 bits per heavy atom. The number of rotatable bonds is 14. The number of aromatic nitrogens is 2. The standard InChI is InChI=1S/C26H35IN6O4/c1-15(2)3-10-20(31-24(35)17-6-7-17)25(36)33-22(11-16-4-8-18(27)9-5-16)26(37)32-21(23(28)34)12-19-13-29-14-30-19/h4-5,8-9,13-15,17,20-22H,3,6-7,10-12H2,1-2H3,(H2,28,34)(H,29,30)(H,31,35)(H,32,37)(H,33,36)/t20-,21-,22-/m0/s1. The molecule has 200 valence electrons. The Kier molecular flexibility index (Phi) is 10.5. The fraction of sp³-hybridized carbons (Fsp3) is 0.500. The van der Waals surface area contributed by atoms with Crippen molar-refractivity contribution in [3.63, 3.8) is 0 Å². The molecule has 1 fully saturated rings. The molecule has 1 aromatic carbocycles. The van der Waals surface area contributed by atoms with Crippen LogP contribution in [-0.2, 0) is 32.0 Å². The minimum atomic E-state index is -0.990. The summed E-state index contributed by atoms with van der Waals surface area (Å²) in [7, 11) is 0. The van der Waals surface area contributed by atoms with E-state index in [4.69, 9.17) is 5.73 Å². The maximum atomic E-state index is 13.4. The topological polar surface area (TPSA) is 159 Å². The van der Waals surface area contributed by atoms with E-state index in [-0.39, 0.29) is 24.7 Å². The lowest BCUT2D eigenvalue weighted by atomic mass is 10.0. The molecule has 1 aliphatic carbocycles. The van der Waals surface area contributed by atoms with Gasteiger partial charge < -0.3 is 26.7 Å². The molecular weight excluding hydrogens is 587 g/mol. The van der Waals surface area contributed by atoms with Crippen LogP contribution in [0, 0.1) is 15.4 Å². The Labute approximate surface area is 230 Å². The third-order valence-electron chi connectivity index (χ3n) is 6.24. The Hall–Kier alpha value is -2.96. The number of carbonyl (C=O) groups is 4. The number of aromatic amines is 1. The van der Waals surface area contributed by atoms with Crippen LogP contribution < -0.4 is 21.7 Å². The number of hydrogen-bond donors (Lipinski definition) is 5. The third-order valence-corrected chi connectivity index (χ3v) is 6.96. The van der Waals surface area contributed by atoms with Gasteiger partial charge in [0, 0.05) is 34.2 Å². The zero-order valence-corrected chi connectivity index (χ0v) is 23.3. The zero-order valence-electron chi connectivity index (χ0n) is 21.1. The number of nitrogens with one attached hydrogen (secondary N) is 4. The van der Waals surface area contributed by atoms with E-state index in [1.54, 1.807) is 6.20 Å². The van der Waals surface area contributed by atoms with Crippen molar-refractivity contribution in [1.29, 1.82) is 0 Å². The molecule has 37 heavy (non-hydrogen) atoms. The van der Waals surface area contributed by atoms with Gasteiger partial charge in [-0.1, -0.05) is 26.0 Å². The summed E-state index contributed by atoms with van der Waals surface area (Å²) in [6.07, 6.45) is 6.23. The highest BCUT2D eigenvalue weighted by Crippen LogP contribution is 2.29. The average Bonchev–Trinajstić information content (AvgIpc) is 3.58. The van der Waals surface area contributed by atoms with E-state index in [0.717, 1.165) is 28.4 Å². The van der Waals surface area contributed by atoms with Crippen LogP contribution in [0.4, 0.5) is 0 Å². The molecule has 0 saturated heterocycles. The molecule has 1 saturated carbocycles. The molecule has 0 aliphatic heterocycles. The van der Waals surface area contributed by atoms with Gasteiger partial charge in [-0.15, -0.1) is 0 Å². The smallest absolute Gasteiger partial charge is 0.243 e. The first-order valence-electron chi connectivity index (χ1n) is 12.5. The predicted molar refractivity (Wildman–Crippen MR) is 147 cm³/mol. The lowest BCUT2D eigenvalue weighted by Gasteiger charge is -2.25. The van der Waals surface area contributed by atoms with Crippen molar-refractivity contribution in [2.45, 2.75) is 70.5 Å². The molecule has 0 unspecified atom stereocenters. The summed E-state index contributed by atoms with van der Waals surface area (Å²) in [6, 6.07) is 4.88. The highest BCUT2D eigenvalue weighted by atomic mass is 127. The van der Waals surface area contributed by atoms with Crippen LogP contribution in [0.1, 0.15) is 50.8 Å². The molecule has 4 amide bonds. The van der Waals surface area contributed by atoms with E-state index in [2.05, 4.69) is 48.5 Å². The largest absolute Gasteiger partial charge is 0.368 e. The normalized spacial score (nSPS) is 15.5. The van der Waals surface area contributed by atoms with Crippen LogP contribution in [0.5, 0.6) is 0 Å². The molecule has 3 atom stereocenters. The Morgan fingerprint density at radius 2 is 1.62 bits per heavy atom. The van der Waals surface area contributed by atoms with Gasteiger partial charge in [0.1, 0.15) is 18.1 Å². The third kappa shape index (κ3) is 9.45. The summed E-state index contributed by atoms with van der Waals surface area (Å²) in [4.78, 5) is 58.1. The van der Waals surface area contributed by atoms with Crippen molar-refractivity contribution in [1.82, 2.24) is 25.9 Å². The van der Waals surface area contributed by atoms with Crippen LogP contribution in [-0.4, -0.2) is 51.7 Å². The summed E-state index contributed by atoms with van der Waals surface area (Å²) in [5, 5.41) is 8.39. The summed E-state index contributed by atoms with van der Waals surface area (Å²) in [6.45, 7) is 4.10. The number of primary amides is 1. The molecule has 3 rings (SSSR count). The number of nitrogens with two attached hydrogens (primary N) is 1. The number of benzene rings is 1. The van der Waals surface area contributed by atoms with Gasteiger partial charge in [0.2, 0.25) is 23.6 Å². The first kappa shape index (κ1) is 28.6. The number of hydrogen-bond acceptors (Lipinski definition) is 5. The Balaban J connectivity index is 1.76. The number of nitrogens with zero attached hydrogens (tertiary/aromatic N) is 1. The SMILES string of the molecule is CC(C)CC[C@H](NC(=O)C1CC1)C(=O)N[C@@H](Cc1ccc(I)cc1)C(=O)N[C@@H](Cc1cnc[nH]1)C(N)=O. The van der Waals surface area contributed by atoms with Crippen molar-refractivity contribution in [3.05, 3.63) is 51.6 Å². The summed E-state index contributed by atoms with van der Waals surface area (Å²) >= 11 is 2.19. The number of halogens is 1. The Morgan fingerprint density at radius 1 is 0.973 bits per heavy atom. The van der Waals surface area contributed by atoms with Gasteiger partial charge in [0.15, 0.2) is 0 Å². The fourth-order valence-corrected chi connectivity index (χ4v) is 4.21. The highest BCUT2D eigenvalue weighted by Gasteiger charge is 2.34. The van der Waals surface area contributed by atoms with Crippen molar-refractivity contribution in [2.75, 3.05) is 0 Å². The van der Waals surface area contributed by atoms with Crippen molar-refractivity contribution in [2.24, 2.45) is 17.6 Å². The fourth-order valence-electron chi connectivity index (χ4n) is 3.85. The van der Waals surface area contributed by atoms with Crippen LogP contribution in [0.15, 0.2) is 36.8 Å². The van der Waals surface area contributed by atoms with Crippen molar-refractivity contribution >= 4 is 46.2 Å². The number of H-pyrrole nitrogens is 1. The second-order valence-electron chi connectivity index (χ2n) is 9.94. The van der Waals surface area contributed by atoms with Gasteiger partial charge in [-0.3, -0.25) is 19.2 Å². The molecule has 2 aromatic rings. The molecule has 10 nitrogen and oxygen atoms in total. The summed E-state index contributed by atoms with van der Waals surface area (Å²) in [5.41, 5.74) is 7.03. The van der Waals surface area contributed by atoms with Crippen LogP contribution in [0.3, 0.4) is 0 Å². The average molecular weight is 623 g/mol. The molecule has 1 aromatic heterocycles. The molecule has 1 heterocycles. The summed E-state index contributed by atoms with van der Waals surface area (Å²) in [5.74, 6) is -1.49. The van der Waals surface area contributed by atoms with Gasteiger partial charge in [-0.2, -0.15) is 0 Å². The quantitative estimate of drug-likeness (QED) is 0.202. The van der Waals surface area contributed by atoms with E-state index < -0.39 is 35.8 Å². The predicted octanol–water partition coefficient (Wildman–Crippen LogP) is 1.59. The second-order valence-corrected chi connectivity index (χ2v) is 11.2. The van der Waals surface area contributed by atoms with Crippen LogP contribution in [0.25, 0.3) is 0 Å². The molecule has 11 heteroatoms. The Bertz CT molecular complexity index is 1070. The highest BCUT2D eigenvalue weighted by molar-refractivity contribution is 14.1. The zero-order chi connectivity index (χ0) is 26.9. The van der Waals surface area contributed by atoms with Crippen LogP contribution in [0.2, 0.25) is 0 Å². The number of amides is 4. The lowest BCUT2D eigenvalue weighted by Crippen LogP contribution is -2.57. The van der Waals surface area contributed by atoms with Gasteiger partial charge in [-0.05, 0) is 71.9 Å². The minimum Gasteiger partial charge on any atom is -0.368 e. The molecule has 0 spiro atoms. The number of carbonyl (C=O) groups excluding carboxylic acids is 4. The van der Waals surface area contributed by atoms with Gasteiger partial charge >= 0.3 is 0 Å². The lowest BCUT2D eigenvalue weighted by molar-refractivity contribution is -0.133. The summed E-state index contributed by atoms with van der Waals surface area (Å²) < 4.78 is 1.04. The van der Waals surface area contributed by atoms with Gasteiger partial charge in [-0.25, -0.2) is 4.98 Å². The van der Waals surface area contributed by atoms with E-state index in [0.29, 0.717) is 18.0 Å². The van der Waals surface area contributed by atoms with Crippen molar-refractivity contribution < 1.29 is 19.2 Å². The molecule has 0 radical (unpaired) electrons. The van der Waals surface area contributed by atoms with E-state index in [9.17, 15) is 19.2 Å². The second kappa shape index (κ2) is 13.5. The molecular formula is C26H35IN6O4. The van der Waals surface area contributed by atoms with Crippen LogP contribution >= 0.6 is 22.6 Å².